The van der Waals surface area contributed by atoms with Crippen molar-refractivity contribution in [2.24, 2.45) is 0 Å². The monoisotopic (exact) mass is 511 g/mol. The third-order valence-corrected chi connectivity index (χ3v) is 6.40. The Balaban J connectivity index is 1.83. The molecule has 8 heteroatoms. The van der Waals surface area contributed by atoms with Gasteiger partial charge in [-0.25, -0.2) is 0 Å². The Morgan fingerprint density at radius 2 is 1.54 bits per heavy atom. The predicted molar refractivity (Wildman–Crippen MR) is 146 cm³/mol. The topological polar surface area (TPSA) is 93.3 Å². The van der Waals surface area contributed by atoms with Gasteiger partial charge in [-0.1, -0.05) is 30.3 Å². The van der Waals surface area contributed by atoms with Gasteiger partial charge in [0.1, 0.15) is 22.2 Å². The van der Waals surface area contributed by atoms with Gasteiger partial charge in [0.25, 0.3) is 11.5 Å². The maximum Gasteiger partial charge on any atom is 0.273 e. The first kappa shape index (κ1) is 25.5. The molecule has 186 valence electrons. The summed E-state index contributed by atoms with van der Waals surface area (Å²) in [6.07, 6.45) is 1.74. The van der Waals surface area contributed by atoms with Crippen LogP contribution < -0.4 is 29.5 Å². The number of aromatic nitrogens is 1. The Hall–Kier alpha value is -4.61. The van der Waals surface area contributed by atoms with Gasteiger partial charge in [-0.15, -0.1) is 11.3 Å². The molecular weight excluding hydrogens is 486 g/mol. The highest BCUT2D eigenvalue weighted by Gasteiger charge is 2.17. The molecule has 1 amide bonds. The van der Waals surface area contributed by atoms with Crippen LogP contribution in [0.25, 0.3) is 17.3 Å². The van der Waals surface area contributed by atoms with Gasteiger partial charge in [0.15, 0.2) is 5.57 Å². The summed E-state index contributed by atoms with van der Waals surface area (Å²) in [4.78, 5) is 26.7. The van der Waals surface area contributed by atoms with Crippen molar-refractivity contribution in [3.8, 4) is 23.3 Å². The standard InChI is InChI=1S/C29H25N3O4S/c1-3-35-23-14-10-20(11-15-23)18-26-28(34)32(22-8-6-5-7-9-22)29(37-26)25(19-30)27(33)31-21-12-16-24(17-13-21)36-4-2/h5-18H,3-4H2,1-2H3,(H,31,33)/b26-18-,29-25+. The highest BCUT2D eigenvalue weighted by Crippen LogP contribution is 2.16. The summed E-state index contributed by atoms with van der Waals surface area (Å²) in [6.45, 7) is 4.89. The number of hydrogen-bond donors (Lipinski definition) is 1. The van der Waals surface area contributed by atoms with Crippen LogP contribution in [0.2, 0.25) is 0 Å². The van der Waals surface area contributed by atoms with Crippen LogP contribution in [0.4, 0.5) is 5.69 Å². The number of rotatable bonds is 8. The molecule has 0 saturated carbocycles. The summed E-state index contributed by atoms with van der Waals surface area (Å²) in [7, 11) is 0. The molecule has 0 radical (unpaired) electrons. The van der Waals surface area contributed by atoms with Gasteiger partial charge < -0.3 is 14.8 Å². The van der Waals surface area contributed by atoms with E-state index in [-0.39, 0.29) is 15.8 Å². The Kier molecular flexibility index (Phi) is 8.18. The number of carbonyl (C=O) groups excluding carboxylic acids is 1. The van der Waals surface area contributed by atoms with Crippen molar-refractivity contribution in [2.75, 3.05) is 18.5 Å². The molecule has 37 heavy (non-hydrogen) atoms. The average molecular weight is 512 g/mol. The summed E-state index contributed by atoms with van der Waals surface area (Å²) in [5.74, 6) is 0.806. The molecule has 1 heterocycles. The van der Waals surface area contributed by atoms with E-state index in [4.69, 9.17) is 9.47 Å². The normalized spacial score (nSPS) is 12.0. The lowest BCUT2D eigenvalue weighted by atomic mass is 10.2. The number of nitrogens with zero attached hydrogens (tertiary/aromatic N) is 2. The summed E-state index contributed by atoms with van der Waals surface area (Å²) in [5, 5.41) is 12.7. The molecule has 3 aromatic carbocycles. The van der Waals surface area contributed by atoms with Crippen LogP contribution in [0.15, 0.2) is 83.7 Å². The first-order valence-electron chi connectivity index (χ1n) is 11.7. The average Bonchev–Trinajstić information content (AvgIpc) is 3.22. The quantitative estimate of drug-likeness (QED) is 0.388. The Morgan fingerprint density at radius 3 is 2.11 bits per heavy atom. The Morgan fingerprint density at radius 1 is 0.946 bits per heavy atom. The second-order valence-electron chi connectivity index (χ2n) is 7.79. The van der Waals surface area contributed by atoms with Gasteiger partial charge in [-0.3, -0.25) is 14.2 Å². The van der Waals surface area contributed by atoms with Crippen molar-refractivity contribution >= 4 is 34.6 Å². The lowest BCUT2D eigenvalue weighted by Crippen LogP contribution is -2.32. The van der Waals surface area contributed by atoms with Crippen molar-refractivity contribution in [1.29, 1.82) is 5.26 Å². The highest BCUT2D eigenvalue weighted by molar-refractivity contribution is 7.07. The number of carbonyl (C=O) groups is 1. The van der Waals surface area contributed by atoms with Gasteiger partial charge in [0.2, 0.25) is 0 Å². The Bertz CT molecular complexity index is 1600. The lowest BCUT2D eigenvalue weighted by Gasteiger charge is -2.07. The number of thiazole rings is 1. The predicted octanol–water partition coefficient (Wildman–Crippen LogP) is 3.84. The number of anilines is 1. The van der Waals surface area contributed by atoms with Crippen molar-refractivity contribution < 1.29 is 14.3 Å². The van der Waals surface area contributed by atoms with Crippen LogP contribution in [0.5, 0.6) is 11.5 Å². The van der Waals surface area contributed by atoms with E-state index < -0.39 is 5.91 Å². The molecule has 7 nitrogen and oxygen atoms in total. The number of para-hydroxylation sites is 1. The number of nitrogens with one attached hydrogen (secondary N) is 1. The summed E-state index contributed by atoms with van der Waals surface area (Å²) < 4.78 is 13.0. The molecule has 0 fully saturated rings. The van der Waals surface area contributed by atoms with E-state index >= 15 is 0 Å². The molecule has 0 aliphatic heterocycles. The van der Waals surface area contributed by atoms with Crippen LogP contribution in [0.3, 0.4) is 0 Å². The number of hydrogen-bond acceptors (Lipinski definition) is 6. The van der Waals surface area contributed by atoms with E-state index in [1.165, 1.54) is 4.57 Å². The largest absolute Gasteiger partial charge is 0.494 e. The molecule has 4 rings (SSSR count). The van der Waals surface area contributed by atoms with Crippen molar-refractivity contribution in [3.63, 3.8) is 0 Å². The second-order valence-corrected chi connectivity index (χ2v) is 8.82. The minimum absolute atomic E-state index is 0.161. The van der Waals surface area contributed by atoms with Gasteiger partial charge >= 0.3 is 0 Å². The number of ether oxygens (including phenoxy) is 2. The zero-order chi connectivity index (χ0) is 26.2. The summed E-state index contributed by atoms with van der Waals surface area (Å²) in [5.41, 5.74) is 1.39. The molecule has 0 bridgehead atoms. The number of nitriles is 1. The third-order valence-electron chi connectivity index (χ3n) is 5.30. The maximum absolute atomic E-state index is 13.5. The van der Waals surface area contributed by atoms with Gasteiger partial charge in [-0.2, -0.15) is 5.26 Å². The van der Waals surface area contributed by atoms with E-state index in [0.29, 0.717) is 34.9 Å². The molecular formula is C29H25N3O4S. The van der Waals surface area contributed by atoms with E-state index in [9.17, 15) is 14.9 Å². The van der Waals surface area contributed by atoms with Crippen LogP contribution in [-0.4, -0.2) is 23.7 Å². The fraction of sp³-hybridized carbons (Fsp3) is 0.138. The molecule has 0 unspecified atom stereocenters. The van der Waals surface area contributed by atoms with E-state index in [0.717, 1.165) is 22.6 Å². The molecule has 0 atom stereocenters. The van der Waals surface area contributed by atoms with Crippen LogP contribution in [-0.2, 0) is 4.79 Å². The lowest BCUT2D eigenvalue weighted by molar-refractivity contribution is -0.111. The van der Waals surface area contributed by atoms with Gasteiger partial charge in [0.05, 0.1) is 23.4 Å². The highest BCUT2D eigenvalue weighted by atomic mass is 32.1. The summed E-state index contributed by atoms with van der Waals surface area (Å²) >= 11 is 1.09. The number of benzene rings is 3. The molecule has 0 saturated heterocycles. The zero-order valence-corrected chi connectivity index (χ0v) is 21.2. The van der Waals surface area contributed by atoms with Crippen molar-refractivity contribution in [1.82, 2.24) is 4.57 Å². The third kappa shape index (κ3) is 5.97. The van der Waals surface area contributed by atoms with E-state index in [2.05, 4.69) is 5.32 Å². The smallest absolute Gasteiger partial charge is 0.273 e. The van der Waals surface area contributed by atoms with Gasteiger partial charge in [-0.05, 0) is 74.0 Å². The number of amides is 1. The first-order chi connectivity index (χ1) is 18.0. The van der Waals surface area contributed by atoms with E-state index in [1.54, 1.807) is 54.6 Å². The molecule has 0 aliphatic carbocycles. The fourth-order valence-corrected chi connectivity index (χ4v) is 4.73. The maximum atomic E-state index is 13.5. The molecule has 4 aromatic rings. The molecule has 0 aliphatic rings. The summed E-state index contributed by atoms with van der Waals surface area (Å²) in [6, 6.07) is 25.2. The van der Waals surface area contributed by atoms with Crippen LogP contribution in [0.1, 0.15) is 19.4 Å². The second kappa shape index (κ2) is 11.9. The zero-order valence-electron chi connectivity index (χ0n) is 20.4. The molecule has 1 N–H and O–H groups in total. The van der Waals surface area contributed by atoms with E-state index in [1.807, 2.05) is 50.2 Å². The SMILES string of the molecule is CCOc1ccc(/C=c2\s/c(=C(\C#N)C(=O)Nc3ccc(OCC)cc3)n(-c3ccccc3)c2=O)cc1. The molecule has 0 spiro atoms. The first-order valence-corrected chi connectivity index (χ1v) is 12.6. The Labute approximate surface area is 218 Å². The molecule has 1 aromatic heterocycles. The minimum atomic E-state index is -0.606. The van der Waals surface area contributed by atoms with Crippen molar-refractivity contribution in [3.05, 3.63) is 104 Å². The van der Waals surface area contributed by atoms with Crippen LogP contribution >= 0.6 is 11.3 Å². The fourth-order valence-electron chi connectivity index (χ4n) is 3.63. The van der Waals surface area contributed by atoms with Gasteiger partial charge in [0, 0.05) is 5.69 Å². The van der Waals surface area contributed by atoms with Crippen molar-refractivity contribution in [2.45, 2.75) is 13.8 Å². The van der Waals surface area contributed by atoms with Crippen LogP contribution in [0, 0.1) is 11.3 Å². The minimum Gasteiger partial charge on any atom is -0.494 e.